The number of benzene rings is 6. The van der Waals surface area contributed by atoms with Gasteiger partial charge in [0.25, 0.3) is 0 Å². The third kappa shape index (κ3) is 3.70. The van der Waals surface area contributed by atoms with E-state index >= 15 is 0 Å². The van der Waals surface area contributed by atoms with Gasteiger partial charge in [-0.1, -0.05) is 115 Å². The van der Waals surface area contributed by atoms with Crippen molar-refractivity contribution in [3.63, 3.8) is 0 Å². The first kappa shape index (κ1) is 26.0. The second-order valence-corrected chi connectivity index (χ2v) is 12.1. The first-order chi connectivity index (χ1) is 23.3. The van der Waals surface area contributed by atoms with E-state index in [0.717, 1.165) is 72.8 Å². The van der Waals surface area contributed by atoms with Crippen molar-refractivity contribution in [1.29, 1.82) is 0 Å². The molecule has 0 saturated carbocycles. The molecule has 4 nitrogen and oxygen atoms in total. The molecule has 0 saturated heterocycles. The Kier molecular flexibility index (Phi) is 5.46. The molecule has 2 aliphatic rings. The summed E-state index contributed by atoms with van der Waals surface area (Å²) in [5.41, 5.74) is 12.0. The van der Waals surface area contributed by atoms with Gasteiger partial charge in [0.2, 0.25) is 0 Å². The lowest BCUT2D eigenvalue weighted by molar-refractivity contribution is 0.436. The summed E-state index contributed by atoms with van der Waals surface area (Å²) in [6.45, 7) is 0. The molecule has 1 aliphatic heterocycles. The van der Waals surface area contributed by atoms with Crippen molar-refractivity contribution in [3.05, 3.63) is 180 Å². The van der Waals surface area contributed by atoms with Gasteiger partial charge < -0.3 is 9.15 Å². The van der Waals surface area contributed by atoms with E-state index < -0.39 is 5.41 Å². The second-order valence-electron chi connectivity index (χ2n) is 12.1. The highest BCUT2D eigenvalue weighted by molar-refractivity contribution is 6.00. The normalized spacial score (nSPS) is 13.4. The van der Waals surface area contributed by atoms with Crippen LogP contribution in [-0.4, -0.2) is 9.97 Å². The van der Waals surface area contributed by atoms with Crippen LogP contribution in [0.2, 0.25) is 0 Å². The molecule has 0 radical (unpaired) electrons. The molecular weight excluding hydrogens is 576 g/mol. The zero-order valence-electron chi connectivity index (χ0n) is 25.2. The van der Waals surface area contributed by atoms with Crippen LogP contribution in [-0.2, 0) is 5.41 Å². The van der Waals surface area contributed by atoms with Crippen molar-refractivity contribution in [3.8, 4) is 56.5 Å². The maximum atomic E-state index is 6.57. The maximum absolute atomic E-state index is 6.57. The molecule has 1 aliphatic carbocycles. The summed E-state index contributed by atoms with van der Waals surface area (Å²) in [6.07, 6.45) is 1.77. The summed E-state index contributed by atoms with van der Waals surface area (Å²) in [4.78, 5) is 10.3. The molecule has 0 atom stereocenters. The van der Waals surface area contributed by atoms with Gasteiger partial charge in [-0.2, -0.15) is 0 Å². The quantitative estimate of drug-likeness (QED) is 0.202. The summed E-state index contributed by atoms with van der Waals surface area (Å²) in [5.74, 6) is 2.41. The topological polar surface area (TPSA) is 48.2 Å². The molecule has 0 fully saturated rings. The predicted octanol–water partition coefficient (Wildman–Crippen LogP) is 10.7. The van der Waals surface area contributed by atoms with Gasteiger partial charge in [0.15, 0.2) is 5.82 Å². The largest absolute Gasteiger partial charge is 0.464 e. The first-order valence-electron chi connectivity index (χ1n) is 15.8. The fourth-order valence-corrected chi connectivity index (χ4v) is 7.67. The van der Waals surface area contributed by atoms with Crippen molar-refractivity contribution in [1.82, 2.24) is 9.97 Å². The smallest absolute Gasteiger partial charge is 0.160 e. The Morgan fingerprint density at radius 2 is 1.11 bits per heavy atom. The fraction of sp³-hybridized carbons (Fsp3) is 0.0233. The van der Waals surface area contributed by atoms with E-state index in [4.69, 9.17) is 19.1 Å². The lowest BCUT2D eigenvalue weighted by Crippen LogP contribution is -2.32. The molecule has 0 bridgehead atoms. The number of hydrogen-bond donors (Lipinski definition) is 0. The SMILES string of the molecule is c1ccc(-c2cc(-c3cccc4c3-c3cc5ccoc5cc3C43c4ccccc4Oc4ccccc43)nc(-c3ccccc3)n2)cc1. The van der Waals surface area contributed by atoms with E-state index in [1.165, 1.54) is 11.1 Å². The average Bonchev–Trinajstić information content (AvgIpc) is 3.72. The number of hydrogen-bond acceptors (Lipinski definition) is 4. The minimum atomic E-state index is -0.620. The van der Waals surface area contributed by atoms with E-state index in [1.54, 1.807) is 6.26 Å². The van der Waals surface area contributed by atoms with Gasteiger partial charge in [0.1, 0.15) is 17.1 Å². The van der Waals surface area contributed by atoms with E-state index in [0.29, 0.717) is 5.82 Å². The van der Waals surface area contributed by atoms with Gasteiger partial charge in [0.05, 0.1) is 23.1 Å². The zero-order valence-corrected chi connectivity index (χ0v) is 25.2. The van der Waals surface area contributed by atoms with Gasteiger partial charge in [-0.05, 0) is 58.7 Å². The minimum Gasteiger partial charge on any atom is -0.464 e. The first-order valence-corrected chi connectivity index (χ1v) is 15.8. The van der Waals surface area contributed by atoms with E-state index in [9.17, 15) is 0 Å². The molecule has 0 amide bonds. The number of para-hydroxylation sites is 2. The zero-order chi connectivity index (χ0) is 31.0. The number of rotatable bonds is 3. The van der Waals surface area contributed by atoms with E-state index in [2.05, 4.69) is 109 Å². The standard InChI is InChI=1S/C43H26N2O2/c1-3-12-27(13-4-1)36-26-37(45-42(44-36)28-14-5-2-6-15-28)30-16-11-19-34-41(30)31-24-29-22-23-46-40(29)25-35(31)43(34)32-17-7-9-20-38(32)47-39-21-10-8-18-33(39)43/h1-26H. The van der Waals surface area contributed by atoms with Crippen molar-refractivity contribution in [2.24, 2.45) is 0 Å². The van der Waals surface area contributed by atoms with Crippen LogP contribution >= 0.6 is 0 Å². The summed E-state index contributed by atoms with van der Waals surface area (Å²) in [6, 6.07) is 52.7. The van der Waals surface area contributed by atoms with Crippen LogP contribution in [0.15, 0.2) is 162 Å². The van der Waals surface area contributed by atoms with Gasteiger partial charge in [-0.3, -0.25) is 0 Å². The Bertz CT molecular complexity index is 2400. The molecule has 0 N–H and O–H groups in total. The Morgan fingerprint density at radius 3 is 1.85 bits per heavy atom. The van der Waals surface area contributed by atoms with Crippen LogP contribution in [0.4, 0.5) is 0 Å². The Balaban J connectivity index is 1.33. The predicted molar refractivity (Wildman–Crippen MR) is 185 cm³/mol. The number of ether oxygens (including phenoxy) is 1. The molecule has 2 aromatic heterocycles. The molecule has 8 aromatic rings. The highest BCUT2D eigenvalue weighted by atomic mass is 16.5. The van der Waals surface area contributed by atoms with Crippen molar-refractivity contribution in [2.75, 3.05) is 0 Å². The summed E-state index contributed by atoms with van der Waals surface area (Å²) in [5, 5.41) is 1.06. The summed E-state index contributed by atoms with van der Waals surface area (Å²) >= 11 is 0. The van der Waals surface area contributed by atoms with Crippen LogP contribution < -0.4 is 4.74 Å². The molecular formula is C43H26N2O2. The average molecular weight is 603 g/mol. The number of aromatic nitrogens is 2. The molecule has 6 aromatic carbocycles. The molecule has 0 unspecified atom stereocenters. The monoisotopic (exact) mass is 602 g/mol. The van der Waals surface area contributed by atoms with Crippen LogP contribution in [0.3, 0.4) is 0 Å². The van der Waals surface area contributed by atoms with E-state index in [-0.39, 0.29) is 0 Å². The van der Waals surface area contributed by atoms with Gasteiger partial charge in [0, 0.05) is 33.2 Å². The highest BCUT2D eigenvalue weighted by Crippen LogP contribution is 2.63. The third-order valence-corrected chi connectivity index (χ3v) is 9.64. The van der Waals surface area contributed by atoms with Gasteiger partial charge in [-0.25, -0.2) is 9.97 Å². The minimum absolute atomic E-state index is 0.620. The van der Waals surface area contributed by atoms with E-state index in [1.807, 2.05) is 42.5 Å². The molecule has 1 spiro atoms. The maximum Gasteiger partial charge on any atom is 0.160 e. The van der Waals surface area contributed by atoms with Crippen LogP contribution in [0.1, 0.15) is 22.3 Å². The van der Waals surface area contributed by atoms with Gasteiger partial charge >= 0.3 is 0 Å². The molecule has 3 heterocycles. The Labute approximate surface area is 271 Å². The lowest BCUT2D eigenvalue weighted by atomic mass is 9.66. The van der Waals surface area contributed by atoms with Crippen LogP contribution in [0.5, 0.6) is 11.5 Å². The van der Waals surface area contributed by atoms with Crippen molar-refractivity contribution >= 4 is 11.0 Å². The highest BCUT2D eigenvalue weighted by Gasteiger charge is 2.52. The van der Waals surface area contributed by atoms with Crippen molar-refractivity contribution in [2.45, 2.75) is 5.41 Å². The Morgan fingerprint density at radius 1 is 0.468 bits per heavy atom. The van der Waals surface area contributed by atoms with Crippen LogP contribution in [0.25, 0.3) is 56.0 Å². The third-order valence-electron chi connectivity index (χ3n) is 9.64. The second kappa shape index (κ2) is 9.87. The lowest BCUT2D eigenvalue weighted by Gasteiger charge is -2.39. The fourth-order valence-electron chi connectivity index (χ4n) is 7.67. The van der Waals surface area contributed by atoms with Crippen LogP contribution in [0, 0.1) is 0 Å². The Hall–Kier alpha value is -6.26. The summed E-state index contributed by atoms with van der Waals surface area (Å²) in [7, 11) is 0. The molecule has 10 rings (SSSR count). The number of furan rings is 1. The molecule has 47 heavy (non-hydrogen) atoms. The molecule has 220 valence electrons. The van der Waals surface area contributed by atoms with Crippen molar-refractivity contribution < 1.29 is 9.15 Å². The molecule has 4 heteroatoms. The van der Waals surface area contributed by atoms with Gasteiger partial charge in [-0.15, -0.1) is 0 Å². The number of fused-ring (bicyclic) bond motifs is 10. The number of nitrogens with zero attached hydrogens (tertiary/aromatic N) is 2. The summed E-state index contributed by atoms with van der Waals surface area (Å²) < 4.78 is 12.6.